The quantitative estimate of drug-likeness (QED) is 0.594. The number of anilines is 1. The van der Waals surface area contributed by atoms with Crippen LogP contribution in [0, 0.1) is 0 Å². The van der Waals surface area contributed by atoms with E-state index in [0.717, 1.165) is 0 Å². The Labute approximate surface area is 99.0 Å². The van der Waals surface area contributed by atoms with Crippen molar-refractivity contribution in [2.24, 2.45) is 5.73 Å². The Kier molecular flexibility index (Phi) is 4.19. The van der Waals surface area contributed by atoms with Crippen LogP contribution in [-0.4, -0.2) is 29.1 Å². The van der Waals surface area contributed by atoms with Gasteiger partial charge in [-0.15, -0.1) is 0 Å². The number of aromatic nitrogens is 1. The van der Waals surface area contributed by atoms with Crippen LogP contribution in [0.2, 0.25) is 0 Å². The summed E-state index contributed by atoms with van der Waals surface area (Å²) >= 11 is 4.89. The number of methoxy groups -OCH3 is 1. The van der Waals surface area contributed by atoms with Gasteiger partial charge in [0.2, 0.25) is 0 Å². The third-order valence-corrected chi connectivity index (χ3v) is 2.23. The number of hydrogen-bond donors (Lipinski definition) is 2. The third kappa shape index (κ3) is 2.90. The van der Waals surface area contributed by atoms with Gasteiger partial charge in [-0.25, -0.2) is 4.79 Å². The van der Waals surface area contributed by atoms with Gasteiger partial charge in [0.1, 0.15) is 11.0 Å². The monoisotopic (exact) mass is 239 g/mol. The highest BCUT2D eigenvalue weighted by Crippen LogP contribution is 2.14. The molecule has 1 unspecified atom stereocenters. The molecule has 6 heteroatoms. The number of rotatable bonds is 4. The SMILES string of the molecule is COC(=O)C(C)Nc1cnccc1C(N)=S. The minimum absolute atomic E-state index is 0.252. The summed E-state index contributed by atoms with van der Waals surface area (Å²) in [5, 5.41) is 2.94. The summed E-state index contributed by atoms with van der Waals surface area (Å²) in [5.74, 6) is -0.363. The molecule has 1 atom stereocenters. The van der Waals surface area contributed by atoms with E-state index in [0.29, 0.717) is 11.3 Å². The van der Waals surface area contributed by atoms with Gasteiger partial charge >= 0.3 is 5.97 Å². The summed E-state index contributed by atoms with van der Waals surface area (Å²) < 4.78 is 4.60. The maximum Gasteiger partial charge on any atom is 0.327 e. The summed E-state index contributed by atoms with van der Waals surface area (Å²) in [6, 6.07) is 1.21. The molecular formula is C10H13N3O2S. The van der Waals surface area contributed by atoms with Crippen molar-refractivity contribution in [1.82, 2.24) is 4.98 Å². The van der Waals surface area contributed by atoms with Crippen LogP contribution < -0.4 is 11.1 Å². The average molecular weight is 239 g/mol. The zero-order valence-corrected chi connectivity index (χ0v) is 9.88. The molecule has 86 valence electrons. The lowest BCUT2D eigenvalue weighted by Gasteiger charge is -2.15. The van der Waals surface area contributed by atoms with E-state index in [-0.39, 0.29) is 11.0 Å². The van der Waals surface area contributed by atoms with Gasteiger partial charge in [0, 0.05) is 11.8 Å². The minimum Gasteiger partial charge on any atom is -0.467 e. The summed E-state index contributed by atoms with van der Waals surface area (Å²) in [4.78, 5) is 15.4. The highest BCUT2D eigenvalue weighted by Gasteiger charge is 2.14. The molecule has 1 aromatic rings. The average Bonchev–Trinajstić information content (AvgIpc) is 2.28. The van der Waals surface area contributed by atoms with Crippen LogP contribution in [0.15, 0.2) is 18.5 Å². The van der Waals surface area contributed by atoms with Crippen molar-refractivity contribution < 1.29 is 9.53 Å². The van der Waals surface area contributed by atoms with Gasteiger partial charge < -0.3 is 15.8 Å². The zero-order chi connectivity index (χ0) is 12.1. The Balaban J connectivity index is 2.88. The number of hydrogen-bond acceptors (Lipinski definition) is 5. The van der Waals surface area contributed by atoms with Gasteiger partial charge in [0.05, 0.1) is 19.0 Å². The second-order valence-corrected chi connectivity index (χ2v) is 3.61. The van der Waals surface area contributed by atoms with Crippen molar-refractivity contribution in [2.75, 3.05) is 12.4 Å². The fraction of sp³-hybridized carbons (Fsp3) is 0.300. The maximum absolute atomic E-state index is 11.2. The number of nitrogens with one attached hydrogen (secondary N) is 1. The lowest BCUT2D eigenvalue weighted by atomic mass is 10.2. The molecule has 0 aliphatic rings. The molecule has 0 saturated carbocycles. The highest BCUT2D eigenvalue weighted by molar-refractivity contribution is 7.80. The van der Waals surface area contributed by atoms with E-state index in [9.17, 15) is 4.79 Å². The number of ether oxygens (including phenoxy) is 1. The lowest BCUT2D eigenvalue weighted by molar-refractivity contribution is -0.141. The molecule has 3 N–H and O–H groups in total. The second-order valence-electron chi connectivity index (χ2n) is 3.17. The number of carbonyl (C=O) groups is 1. The maximum atomic E-state index is 11.2. The van der Waals surface area contributed by atoms with Crippen LogP contribution in [-0.2, 0) is 9.53 Å². The van der Waals surface area contributed by atoms with Crippen LogP contribution in [0.25, 0.3) is 0 Å². The van der Waals surface area contributed by atoms with Crippen molar-refractivity contribution in [1.29, 1.82) is 0 Å². The van der Waals surface area contributed by atoms with E-state index in [2.05, 4.69) is 15.0 Å². The molecule has 0 aromatic carbocycles. The van der Waals surface area contributed by atoms with E-state index in [1.807, 2.05) is 0 Å². The standard InChI is InChI=1S/C10H13N3O2S/c1-6(10(14)15-2)13-8-5-12-4-3-7(8)9(11)16/h3-6,13H,1-2H3,(H2,11,16). The number of nitrogens with zero attached hydrogens (tertiary/aromatic N) is 1. The van der Waals surface area contributed by atoms with Crippen LogP contribution in [0.1, 0.15) is 12.5 Å². The fourth-order valence-electron chi connectivity index (χ4n) is 1.19. The molecule has 1 aromatic heterocycles. The van der Waals surface area contributed by atoms with Gasteiger partial charge in [-0.3, -0.25) is 4.98 Å². The summed E-state index contributed by atoms with van der Waals surface area (Å²) in [5.41, 5.74) is 6.82. The molecule has 16 heavy (non-hydrogen) atoms. The molecule has 5 nitrogen and oxygen atoms in total. The molecule has 0 bridgehead atoms. The van der Waals surface area contributed by atoms with E-state index in [1.54, 1.807) is 25.4 Å². The predicted molar refractivity (Wildman–Crippen MR) is 65.2 cm³/mol. The summed E-state index contributed by atoms with van der Waals surface area (Å²) in [7, 11) is 1.33. The summed E-state index contributed by atoms with van der Waals surface area (Å²) in [6.45, 7) is 1.68. The molecule has 1 rings (SSSR count). The molecule has 0 amide bonds. The number of esters is 1. The molecule has 0 aliphatic carbocycles. The Bertz CT molecular complexity index is 409. The fourth-order valence-corrected chi connectivity index (χ4v) is 1.37. The first-order valence-corrected chi connectivity index (χ1v) is 5.05. The Morgan fingerprint density at radius 1 is 1.69 bits per heavy atom. The van der Waals surface area contributed by atoms with Gasteiger partial charge in [-0.05, 0) is 13.0 Å². The van der Waals surface area contributed by atoms with Crippen molar-refractivity contribution in [3.05, 3.63) is 24.0 Å². The smallest absolute Gasteiger partial charge is 0.327 e. The molecule has 0 aliphatic heterocycles. The van der Waals surface area contributed by atoms with Crippen molar-refractivity contribution in [3.63, 3.8) is 0 Å². The second kappa shape index (κ2) is 5.41. The van der Waals surface area contributed by atoms with Crippen molar-refractivity contribution >= 4 is 28.9 Å². The first-order valence-electron chi connectivity index (χ1n) is 4.64. The van der Waals surface area contributed by atoms with Crippen LogP contribution in [0.3, 0.4) is 0 Å². The molecule has 1 heterocycles. The van der Waals surface area contributed by atoms with Gasteiger partial charge in [0.15, 0.2) is 0 Å². The van der Waals surface area contributed by atoms with Gasteiger partial charge in [-0.2, -0.15) is 0 Å². The Morgan fingerprint density at radius 2 is 2.38 bits per heavy atom. The van der Waals surface area contributed by atoms with Crippen LogP contribution in [0.4, 0.5) is 5.69 Å². The van der Waals surface area contributed by atoms with Crippen molar-refractivity contribution in [3.8, 4) is 0 Å². The number of pyridine rings is 1. The first-order chi connectivity index (χ1) is 7.56. The van der Waals surface area contributed by atoms with Crippen molar-refractivity contribution in [2.45, 2.75) is 13.0 Å². The summed E-state index contributed by atoms with van der Waals surface area (Å²) in [6.07, 6.45) is 3.15. The highest BCUT2D eigenvalue weighted by atomic mass is 32.1. The minimum atomic E-state index is -0.484. The topological polar surface area (TPSA) is 77.2 Å². The van der Waals surface area contributed by atoms with Gasteiger partial charge in [0.25, 0.3) is 0 Å². The molecule has 0 spiro atoms. The van der Waals surface area contributed by atoms with Gasteiger partial charge in [-0.1, -0.05) is 12.2 Å². The Hall–Kier alpha value is -1.69. The number of thiocarbonyl (C=S) groups is 1. The van der Waals surface area contributed by atoms with Crippen LogP contribution in [0.5, 0.6) is 0 Å². The molecular weight excluding hydrogens is 226 g/mol. The predicted octanol–water partition coefficient (Wildman–Crippen LogP) is 0.689. The largest absolute Gasteiger partial charge is 0.467 e. The first kappa shape index (κ1) is 12.4. The van der Waals surface area contributed by atoms with Crippen LogP contribution >= 0.6 is 12.2 Å². The number of carbonyl (C=O) groups excluding carboxylic acids is 1. The zero-order valence-electron chi connectivity index (χ0n) is 9.06. The molecule has 0 saturated heterocycles. The van der Waals surface area contributed by atoms with E-state index in [1.165, 1.54) is 7.11 Å². The van der Waals surface area contributed by atoms with E-state index >= 15 is 0 Å². The van der Waals surface area contributed by atoms with E-state index < -0.39 is 6.04 Å². The Morgan fingerprint density at radius 3 is 2.94 bits per heavy atom. The normalized spacial score (nSPS) is 11.6. The van der Waals surface area contributed by atoms with E-state index in [4.69, 9.17) is 18.0 Å². The molecule has 0 radical (unpaired) electrons. The lowest BCUT2D eigenvalue weighted by Crippen LogP contribution is -2.28. The molecule has 0 fully saturated rings. The number of nitrogens with two attached hydrogens (primary N) is 1. The third-order valence-electron chi connectivity index (χ3n) is 2.01.